The van der Waals surface area contributed by atoms with Gasteiger partial charge in [0.25, 0.3) is 17.5 Å². The molecular formula is C22H22N4O6. The molecule has 10 heteroatoms. The number of H-pyrrole nitrogens is 1. The number of aromatic amines is 1. The number of nitrogens with zero attached hydrogens (tertiary/aromatic N) is 3. The first-order valence-corrected chi connectivity index (χ1v) is 9.99. The first-order chi connectivity index (χ1) is 15.4. The maximum Gasteiger partial charge on any atom is 0.270 e. The summed E-state index contributed by atoms with van der Waals surface area (Å²) in [6, 6.07) is 9.38. The highest BCUT2D eigenvalue weighted by Crippen LogP contribution is 2.29. The monoisotopic (exact) mass is 438 g/mol. The van der Waals surface area contributed by atoms with Gasteiger partial charge in [0.2, 0.25) is 0 Å². The molecule has 0 unspecified atom stereocenters. The second-order valence-electron chi connectivity index (χ2n) is 7.34. The number of aromatic nitrogens is 1. The second kappa shape index (κ2) is 8.58. The van der Waals surface area contributed by atoms with Gasteiger partial charge in [-0.15, -0.1) is 0 Å². The predicted molar refractivity (Wildman–Crippen MR) is 116 cm³/mol. The Hall–Kier alpha value is -4.08. The Kier molecular flexibility index (Phi) is 5.67. The van der Waals surface area contributed by atoms with Crippen molar-refractivity contribution in [2.75, 3.05) is 40.4 Å². The number of non-ortho nitro benzene ring substituents is 1. The zero-order valence-corrected chi connectivity index (χ0v) is 17.7. The Morgan fingerprint density at radius 2 is 1.59 bits per heavy atom. The fourth-order valence-electron chi connectivity index (χ4n) is 3.83. The van der Waals surface area contributed by atoms with Gasteiger partial charge in [0, 0.05) is 61.0 Å². The minimum absolute atomic E-state index is 0.0727. The van der Waals surface area contributed by atoms with Gasteiger partial charge in [-0.3, -0.25) is 19.7 Å². The van der Waals surface area contributed by atoms with Crippen LogP contribution in [0.3, 0.4) is 0 Å². The number of benzene rings is 2. The van der Waals surface area contributed by atoms with Crippen molar-refractivity contribution in [1.29, 1.82) is 0 Å². The molecule has 166 valence electrons. The van der Waals surface area contributed by atoms with Gasteiger partial charge in [0.05, 0.1) is 24.7 Å². The summed E-state index contributed by atoms with van der Waals surface area (Å²) in [4.78, 5) is 42.9. The molecule has 0 saturated carbocycles. The normalized spacial score (nSPS) is 13.8. The molecule has 0 bridgehead atoms. The van der Waals surface area contributed by atoms with Crippen molar-refractivity contribution in [3.63, 3.8) is 0 Å². The fourth-order valence-corrected chi connectivity index (χ4v) is 3.83. The SMILES string of the molecule is COc1ccc(C(=O)N2CCN(C(=O)c3c[nH]c4ccc([N+](=O)[O-])cc34)CC2)cc1OC. The summed E-state index contributed by atoms with van der Waals surface area (Å²) in [7, 11) is 3.04. The standard InChI is InChI=1S/C22H22N4O6/c1-31-19-6-3-14(11-20(19)32-2)21(27)24-7-9-25(10-8-24)22(28)17-13-23-18-5-4-15(26(29)30)12-16(17)18/h3-6,11-13,23H,7-10H2,1-2H3. The number of nitro groups is 1. The molecule has 2 amide bonds. The van der Waals surface area contributed by atoms with Crippen molar-refractivity contribution >= 4 is 28.4 Å². The molecule has 10 nitrogen and oxygen atoms in total. The average Bonchev–Trinajstić information content (AvgIpc) is 3.26. The Labute approximate surface area is 183 Å². The molecule has 2 aromatic carbocycles. The van der Waals surface area contributed by atoms with Crippen LogP contribution in [0.1, 0.15) is 20.7 Å². The highest BCUT2D eigenvalue weighted by molar-refractivity contribution is 6.07. The number of carbonyl (C=O) groups is 2. The summed E-state index contributed by atoms with van der Waals surface area (Å²) in [5.74, 6) is 0.634. The van der Waals surface area contributed by atoms with E-state index in [1.165, 1.54) is 26.4 Å². The fraction of sp³-hybridized carbons (Fsp3) is 0.273. The van der Waals surface area contributed by atoms with Crippen molar-refractivity contribution in [3.8, 4) is 11.5 Å². The first-order valence-electron chi connectivity index (χ1n) is 9.99. The van der Waals surface area contributed by atoms with Crippen LogP contribution < -0.4 is 9.47 Å². The summed E-state index contributed by atoms with van der Waals surface area (Å²) in [5.41, 5.74) is 1.44. The highest BCUT2D eigenvalue weighted by Gasteiger charge is 2.27. The molecule has 3 aromatic rings. The summed E-state index contributed by atoms with van der Waals surface area (Å²) < 4.78 is 10.5. The molecular weight excluding hydrogens is 416 g/mol. The van der Waals surface area contributed by atoms with Gasteiger partial charge in [-0.1, -0.05) is 0 Å². The van der Waals surface area contributed by atoms with Crippen LogP contribution in [0.15, 0.2) is 42.6 Å². The third kappa shape index (κ3) is 3.82. The molecule has 1 aromatic heterocycles. The van der Waals surface area contributed by atoms with Crippen LogP contribution in [0.2, 0.25) is 0 Å². The molecule has 0 atom stereocenters. The van der Waals surface area contributed by atoms with E-state index in [1.54, 1.807) is 40.3 Å². The molecule has 0 spiro atoms. The lowest BCUT2D eigenvalue weighted by atomic mass is 10.1. The minimum Gasteiger partial charge on any atom is -0.493 e. The number of amides is 2. The molecule has 1 aliphatic rings. The van der Waals surface area contributed by atoms with E-state index in [9.17, 15) is 19.7 Å². The van der Waals surface area contributed by atoms with E-state index >= 15 is 0 Å². The Balaban J connectivity index is 1.46. The zero-order valence-electron chi connectivity index (χ0n) is 17.7. The average molecular weight is 438 g/mol. The van der Waals surface area contributed by atoms with Crippen molar-refractivity contribution in [2.24, 2.45) is 0 Å². The lowest BCUT2D eigenvalue weighted by Gasteiger charge is -2.34. The molecule has 2 heterocycles. The van der Waals surface area contributed by atoms with Gasteiger partial charge in [-0.2, -0.15) is 0 Å². The zero-order chi connectivity index (χ0) is 22.8. The Bertz CT molecular complexity index is 1200. The van der Waals surface area contributed by atoms with Gasteiger partial charge >= 0.3 is 0 Å². The molecule has 1 fully saturated rings. The van der Waals surface area contributed by atoms with Gasteiger partial charge in [0.1, 0.15) is 0 Å². The number of hydrogen-bond donors (Lipinski definition) is 1. The van der Waals surface area contributed by atoms with Crippen LogP contribution in [-0.2, 0) is 0 Å². The number of methoxy groups -OCH3 is 2. The quantitative estimate of drug-likeness (QED) is 0.483. The Morgan fingerprint density at radius 1 is 0.938 bits per heavy atom. The number of fused-ring (bicyclic) bond motifs is 1. The van der Waals surface area contributed by atoms with E-state index < -0.39 is 4.92 Å². The van der Waals surface area contributed by atoms with E-state index in [0.717, 1.165) is 0 Å². The van der Waals surface area contributed by atoms with Crippen LogP contribution in [0.4, 0.5) is 5.69 Å². The van der Waals surface area contributed by atoms with E-state index in [2.05, 4.69) is 4.98 Å². The largest absolute Gasteiger partial charge is 0.493 e. The van der Waals surface area contributed by atoms with Crippen LogP contribution in [0, 0.1) is 10.1 Å². The molecule has 1 aliphatic heterocycles. The van der Waals surface area contributed by atoms with E-state index in [0.29, 0.717) is 59.7 Å². The molecule has 4 rings (SSSR count). The van der Waals surface area contributed by atoms with Crippen molar-refractivity contribution in [1.82, 2.24) is 14.8 Å². The van der Waals surface area contributed by atoms with Crippen molar-refractivity contribution in [3.05, 3.63) is 63.8 Å². The number of nitro benzene ring substituents is 1. The van der Waals surface area contributed by atoms with E-state index in [4.69, 9.17) is 9.47 Å². The number of rotatable bonds is 5. The smallest absolute Gasteiger partial charge is 0.270 e. The van der Waals surface area contributed by atoms with Gasteiger partial charge in [-0.25, -0.2) is 0 Å². The van der Waals surface area contributed by atoms with E-state index in [1.807, 2.05) is 0 Å². The maximum atomic E-state index is 13.1. The lowest BCUT2D eigenvalue weighted by molar-refractivity contribution is -0.384. The first kappa shape index (κ1) is 21.2. The number of carbonyl (C=O) groups excluding carboxylic acids is 2. The summed E-state index contributed by atoms with van der Waals surface area (Å²) in [6.45, 7) is 1.47. The molecule has 1 N–H and O–H groups in total. The van der Waals surface area contributed by atoms with Crippen LogP contribution in [0.5, 0.6) is 11.5 Å². The van der Waals surface area contributed by atoms with Gasteiger partial charge in [-0.05, 0) is 24.3 Å². The van der Waals surface area contributed by atoms with Gasteiger partial charge < -0.3 is 24.3 Å². The summed E-state index contributed by atoms with van der Waals surface area (Å²) >= 11 is 0. The predicted octanol–water partition coefficient (Wildman–Crippen LogP) is 2.69. The third-order valence-corrected chi connectivity index (χ3v) is 5.59. The molecule has 0 aliphatic carbocycles. The molecule has 0 radical (unpaired) electrons. The van der Waals surface area contributed by atoms with Crippen LogP contribution >= 0.6 is 0 Å². The Morgan fingerprint density at radius 3 is 2.22 bits per heavy atom. The van der Waals surface area contributed by atoms with Crippen molar-refractivity contribution < 1.29 is 24.0 Å². The van der Waals surface area contributed by atoms with Crippen LogP contribution in [-0.4, -0.2) is 71.9 Å². The number of hydrogen-bond acceptors (Lipinski definition) is 6. The highest BCUT2D eigenvalue weighted by atomic mass is 16.6. The maximum absolute atomic E-state index is 13.1. The topological polar surface area (TPSA) is 118 Å². The van der Waals surface area contributed by atoms with Crippen LogP contribution in [0.25, 0.3) is 10.9 Å². The number of piperazine rings is 1. The third-order valence-electron chi connectivity index (χ3n) is 5.59. The van der Waals surface area contributed by atoms with E-state index in [-0.39, 0.29) is 17.5 Å². The minimum atomic E-state index is -0.487. The number of nitrogens with one attached hydrogen (secondary N) is 1. The second-order valence-corrected chi connectivity index (χ2v) is 7.34. The summed E-state index contributed by atoms with van der Waals surface area (Å²) in [6.07, 6.45) is 1.57. The number of ether oxygens (including phenoxy) is 2. The molecule has 1 saturated heterocycles. The molecule has 32 heavy (non-hydrogen) atoms. The lowest BCUT2D eigenvalue weighted by Crippen LogP contribution is -2.50. The van der Waals surface area contributed by atoms with Crippen molar-refractivity contribution in [2.45, 2.75) is 0 Å². The van der Waals surface area contributed by atoms with Gasteiger partial charge in [0.15, 0.2) is 11.5 Å². The summed E-state index contributed by atoms with van der Waals surface area (Å²) in [5, 5.41) is 11.6.